The highest BCUT2D eigenvalue weighted by Gasteiger charge is 2.16. The highest BCUT2D eigenvalue weighted by Crippen LogP contribution is 2.28. The minimum absolute atomic E-state index is 0.173. The predicted molar refractivity (Wildman–Crippen MR) is 96.6 cm³/mol. The number of benzene rings is 1. The number of carbonyl (C=O) groups is 1. The normalized spacial score (nSPS) is 10.7. The van der Waals surface area contributed by atoms with Crippen LogP contribution in [0.5, 0.6) is 5.75 Å². The lowest BCUT2D eigenvalue weighted by molar-refractivity contribution is -0.113. The number of para-hydroxylation sites is 2. The first-order chi connectivity index (χ1) is 12.1. The Morgan fingerprint density at radius 3 is 2.76 bits per heavy atom. The molecule has 10 heteroatoms. The molecule has 0 spiro atoms. The monoisotopic (exact) mass is 376 g/mol. The van der Waals surface area contributed by atoms with Crippen molar-refractivity contribution < 1.29 is 9.53 Å². The molecule has 1 amide bonds. The summed E-state index contributed by atoms with van der Waals surface area (Å²) in [6.45, 7) is 3.69. The Kier molecular flexibility index (Phi) is 5.29. The van der Waals surface area contributed by atoms with Crippen molar-refractivity contribution in [1.82, 2.24) is 25.0 Å². The van der Waals surface area contributed by atoms with Crippen molar-refractivity contribution in [3.05, 3.63) is 35.1 Å². The number of carbonyl (C=O) groups excluding carboxylic acids is 1. The summed E-state index contributed by atoms with van der Waals surface area (Å²) in [6.07, 6.45) is 0. The molecule has 0 saturated carbocycles. The lowest BCUT2D eigenvalue weighted by atomic mass is 10.3. The number of nitrogens with one attached hydrogen (secondary N) is 1. The highest BCUT2D eigenvalue weighted by molar-refractivity contribution is 7.99. The van der Waals surface area contributed by atoms with Gasteiger partial charge in [-0.3, -0.25) is 14.7 Å². The summed E-state index contributed by atoms with van der Waals surface area (Å²) in [7, 11) is 1.61. The van der Waals surface area contributed by atoms with Gasteiger partial charge in [0, 0.05) is 0 Å². The van der Waals surface area contributed by atoms with Crippen LogP contribution in [0.4, 0.5) is 5.13 Å². The average Bonchev–Trinajstić information content (AvgIpc) is 3.18. The van der Waals surface area contributed by atoms with Gasteiger partial charge in [-0.25, -0.2) is 0 Å². The molecule has 1 aromatic carbocycles. The molecule has 0 atom stereocenters. The van der Waals surface area contributed by atoms with Crippen LogP contribution in [0.1, 0.15) is 10.8 Å². The van der Waals surface area contributed by atoms with Gasteiger partial charge in [-0.15, -0.1) is 20.4 Å². The molecule has 0 radical (unpaired) electrons. The molecule has 3 rings (SSSR count). The molecule has 2 aromatic heterocycles. The Morgan fingerprint density at radius 2 is 2.04 bits per heavy atom. The molecular weight excluding hydrogens is 360 g/mol. The van der Waals surface area contributed by atoms with E-state index in [1.165, 1.54) is 23.1 Å². The second kappa shape index (κ2) is 7.62. The van der Waals surface area contributed by atoms with Crippen LogP contribution in [0.3, 0.4) is 0 Å². The van der Waals surface area contributed by atoms with Crippen molar-refractivity contribution in [2.24, 2.45) is 0 Å². The standard InChI is InChI=1S/C15H16N6O2S2/c1-9-17-20-15(21(9)11-6-4-5-7-12(11)23-3)24-8-13(22)16-14-19-18-10(2)25-14/h4-7H,8H2,1-3H3,(H,16,19,22). The maximum absolute atomic E-state index is 12.1. The summed E-state index contributed by atoms with van der Waals surface area (Å²) in [5.74, 6) is 1.44. The van der Waals surface area contributed by atoms with Gasteiger partial charge in [-0.2, -0.15) is 0 Å². The van der Waals surface area contributed by atoms with Crippen LogP contribution in [0, 0.1) is 13.8 Å². The van der Waals surface area contributed by atoms with Crippen LogP contribution in [0.25, 0.3) is 5.69 Å². The lowest BCUT2D eigenvalue weighted by Gasteiger charge is -2.12. The average molecular weight is 376 g/mol. The number of hydrogen-bond acceptors (Lipinski definition) is 8. The molecule has 0 aliphatic carbocycles. The van der Waals surface area contributed by atoms with Crippen molar-refractivity contribution >= 4 is 34.1 Å². The van der Waals surface area contributed by atoms with E-state index in [-0.39, 0.29) is 11.7 Å². The molecule has 3 aromatic rings. The van der Waals surface area contributed by atoms with E-state index in [0.29, 0.717) is 21.9 Å². The summed E-state index contributed by atoms with van der Waals surface area (Å²) >= 11 is 2.63. The van der Waals surface area contributed by atoms with Crippen molar-refractivity contribution in [2.75, 3.05) is 18.2 Å². The number of hydrogen-bond donors (Lipinski definition) is 1. The quantitative estimate of drug-likeness (QED) is 0.660. The van der Waals surface area contributed by atoms with E-state index in [4.69, 9.17) is 4.74 Å². The zero-order chi connectivity index (χ0) is 17.8. The van der Waals surface area contributed by atoms with E-state index in [1.807, 2.05) is 42.7 Å². The van der Waals surface area contributed by atoms with Gasteiger partial charge in [0.1, 0.15) is 16.6 Å². The third-order valence-electron chi connectivity index (χ3n) is 3.23. The van der Waals surface area contributed by atoms with Gasteiger partial charge >= 0.3 is 0 Å². The van der Waals surface area contributed by atoms with Crippen molar-refractivity contribution in [3.8, 4) is 11.4 Å². The summed E-state index contributed by atoms with van der Waals surface area (Å²) < 4.78 is 7.27. The minimum Gasteiger partial charge on any atom is -0.495 e. The van der Waals surface area contributed by atoms with Gasteiger partial charge in [-0.1, -0.05) is 35.2 Å². The smallest absolute Gasteiger partial charge is 0.236 e. The van der Waals surface area contributed by atoms with Gasteiger partial charge in [0.2, 0.25) is 11.0 Å². The molecule has 0 bridgehead atoms. The number of rotatable bonds is 6. The molecular formula is C15H16N6O2S2. The summed E-state index contributed by atoms with van der Waals surface area (Å²) in [5.41, 5.74) is 0.829. The number of nitrogens with zero attached hydrogens (tertiary/aromatic N) is 5. The number of ether oxygens (including phenoxy) is 1. The third kappa shape index (κ3) is 3.97. The summed E-state index contributed by atoms with van der Waals surface area (Å²) in [6, 6.07) is 7.60. The van der Waals surface area contributed by atoms with E-state index in [1.54, 1.807) is 7.11 Å². The van der Waals surface area contributed by atoms with E-state index in [0.717, 1.165) is 10.7 Å². The van der Waals surface area contributed by atoms with Crippen LogP contribution in [0.2, 0.25) is 0 Å². The Bertz CT molecular complexity index is 892. The zero-order valence-electron chi connectivity index (χ0n) is 13.9. The topological polar surface area (TPSA) is 94.8 Å². The molecule has 0 fully saturated rings. The van der Waals surface area contributed by atoms with Gasteiger partial charge in [0.05, 0.1) is 18.6 Å². The number of amides is 1. The third-order valence-corrected chi connectivity index (χ3v) is 4.91. The number of aryl methyl sites for hydroxylation is 2. The number of anilines is 1. The maximum atomic E-state index is 12.1. The Hall–Kier alpha value is -2.46. The Balaban J connectivity index is 1.74. The Morgan fingerprint density at radius 1 is 1.24 bits per heavy atom. The molecule has 0 aliphatic heterocycles. The highest BCUT2D eigenvalue weighted by atomic mass is 32.2. The van der Waals surface area contributed by atoms with E-state index in [2.05, 4.69) is 25.7 Å². The minimum atomic E-state index is -0.173. The zero-order valence-corrected chi connectivity index (χ0v) is 15.5. The molecule has 0 saturated heterocycles. The van der Waals surface area contributed by atoms with Crippen LogP contribution >= 0.6 is 23.1 Å². The molecule has 8 nitrogen and oxygen atoms in total. The first kappa shape index (κ1) is 17.4. The van der Waals surface area contributed by atoms with E-state index < -0.39 is 0 Å². The van der Waals surface area contributed by atoms with Crippen LogP contribution < -0.4 is 10.1 Å². The van der Waals surface area contributed by atoms with Crippen LogP contribution in [-0.4, -0.2) is 43.7 Å². The SMILES string of the molecule is COc1ccccc1-n1c(C)nnc1SCC(=O)Nc1nnc(C)s1. The van der Waals surface area contributed by atoms with Gasteiger partial charge in [-0.05, 0) is 26.0 Å². The van der Waals surface area contributed by atoms with Gasteiger partial charge in [0.15, 0.2) is 5.16 Å². The van der Waals surface area contributed by atoms with Crippen molar-refractivity contribution in [1.29, 1.82) is 0 Å². The fourth-order valence-electron chi connectivity index (χ4n) is 2.16. The van der Waals surface area contributed by atoms with Gasteiger partial charge < -0.3 is 4.74 Å². The van der Waals surface area contributed by atoms with E-state index >= 15 is 0 Å². The summed E-state index contributed by atoms with van der Waals surface area (Å²) in [5, 5.41) is 20.7. The largest absolute Gasteiger partial charge is 0.495 e. The maximum Gasteiger partial charge on any atom is 0.236 e. The number of thioether (sulfide) groups is 1. The summed E-state index contributed by atoms with van der Waals surface area (Å²) in [4.78, 5) is 12.1. The second-order valence-electron chi connectivity index (χ2n) is 5.00. The molecule has 0 aliphatic rings. The molecule has 130 valence electrons. The molecule has 0 unspecified atom stereocenters. The molecule has 2 heterocycles. The lowest BCUT2D eigenvalue weighted by Crippen LogP contribution is -2.14. The molecule has 25 heavy (non-hydrogen) atoms. The molecule has 1 N–H and O–H groups in total. The fraction of sp³-hybridized carbons (Fsp3) is 0.267. The number of methoxy groups -OCH3 is 1. The van der Waals surface area contributed by atoms with Gasteiger partial charge in [0.25, 0.3) is 0 Å². The fourth-order valence-corrected chi connectivity index (χ4v) is 3.56. The van der Waals surface area contributed by atoms with E-state index in [9.17, 15) is 4.79 Å². The number of aromatic nitrogens is 5. The van der Waals surface area contributed by atoms with Crippen molar-refractivity contribution in [2.45, 2.75) is 19.0 Å². The predicted octanol–water partition coefficient (Wildman–Crippen LogP) is 2.48. The Labute approximate surface area is 152 Å². The van der Waals surface area contributed by atoms with Crippen LogP contribution in [-0.2, 0) is 4.79 Å². The first-order valence-corrected chi connectivity index (χ1v) is 9.17. The first-order valence-electron chi connectivity index (χ1n) is 7.36. The second-order valence-corrected chi connectivity index (χ2v) is 7.12. The van der Waals surface area contributed by atoms with Crippen LogP contribution in [0.15, 0.2) is 29.4 Å². The van der Waals surface area contributed by atoms with Crippen molar-refractivity contribution in [3.63, 3.8) is 0 Å².